The van der Waals surface area contributed by atoms with Gasteiger partial charge in [-0.3, -0.25) is 0 Å². The fourth-order valence-corrected chi connectivity index (χ4v) is 2.53. The molecule has 2 rings (SSSR count). The molecule has 0 saturated carbocycles. The zero-order valence-electron chi connectivity index (χ0n) is 11.6. The zero-order valence-corrected chi connectivity index (χ0v) is 11.6. The van der Waals surface area contributed by atoms with Crippen molar-refractivity contribution in [1.82, 2.24) is 0 Å². The molecule has 2 heteroatoms. The smallest absolute Gasteiger partial charge is 0.134 e. The van der Waals surface area contributed by atoms with E-state index in [1.807, 2.05) is 6.07 Å². The first-order chi connectivity index (χ1) is 8.60. The Hall–Kier alpha value is -1.28. The summed E-state index contributed by atoms with van der Waals surface area (Å²) in [6, 6.07) is 8.34. The van der Waals surface area contributed by atoms with E-state index in [0.717, 1.165) is 23.2 Å². The highest BCUT2D eigenvalue weighted by molar-refractivity contribution is 5.78. The van der Waals surface area contributed by atoms with E-state index in [1.165, 1.54) is 18.4 Å². The second-order valence-electron chi connectivity index (χ2n) is 5.43. The molecule has 18 heavy (non-hydrogen) atoms. The molecule has 1 heterocycles. The van der Waals surface area contributed by atoms with Crippen molar-refractivity contribution < 1.29 is 4.42 Å². The van der Waals surface area contributed by atoms with Crippen LogP contribution in [0.5, 0.6) is 0 Å². The molecule has 2 nitrogen and oxygen atoms in total. The van der Waals surface area contributed by atoms with Crippen molar-refractivity contribution in [1.29, 1.82) is 0 Å². The van der Waals surface area contributed by atoms with E-state index >= 15 is 0 Å². The van der Waals surface area contributed by atoms with Gasteiger partial charge in [0.2, 0.25) is 0 Å². The highest BCUT2D eigenvalue weighted by Crippen LogP contribution is 2.27. The Morgan fingerprint density at radius 2 is 2.06 bits per heavy atom. The molecule has 2 unspecified atom stereocenters. The largest absolute Gasteiger partial charge is 0.459 e. The van der Waals surface area contributed by atoms with Gasteiger partial charge in [-0.05, 0) is 37.5 Å². The van der Waals surface area contributed by atoms with E-state index in [2.05, 4.69) is 39.0 Å². The molecular formula is C16H23NO. The fraction of sp³-hybridized carbons (Fsp3) is 0.500. The van der Waals surface area contributed by atoms with Crippen LogP contribution in [-0.4, -0.2) is 0 Å². The van der Waals surface area contributed by atoms with Crippen LogP contribution in [0.4, 0.5) is 0 Å². The van der Waals surface area contributed by atoms with Crippen molar-refractivity contribution in [3.63, 3.8) is 0 Å². The van der Waals surface area contributed by atoms with E-state index < -0.39 is 0 Å². The van der Waals surface area contributed by atoms with Gasteiger partial charge in [0.25, 0.3) is 0 Å². The molecule has 0 aliphatic rings. The average Bonchev–Trinajstić information content (AvgIpc) is 2.72. The Morgan fingerprint density at radius 1 is 1.28 bits per heavy atom. The Balaban J connectivity index is 2.15. The Labute approximate surface area is 109 Å². The van der Waals surface area contributed by atoms with Crippen molar-refractivity contribution in [2.45, 2.75) is 46.1 Å². The molecule has 0 aliphatic heterocycles. The van der Waals surface area contributed by atoms with Crippen LogP contribution in [0, 0.1) is 12.8 Å². The average molecular weight is 245 g/mol. The molecule has 1 aromatic heterocycles. The van der Waals surface area contributed by atoms with Crippen LogP contribution < -0.4 is 5.73 Å². The summed E-state index contributed by atoms with van der Waals surface area (Å²) in [7, 11) is 0. The number of furan rings is 1. The highest BCUT2D eigenvalue weighted by Gasteiger charge is 2.15. The van der Waals surface area contributed by atoms with Crippen LogP contribution in [0.25, 0.3) is 11.0 Å². The molecule has 2 atom stereocenters. The van der Waals surface area contributed by atoms with E-state index in [9.17, 15) is 0 Å². The van der Waals surface area contributed by atoms with E-state index in [4.69, 9.17) is 10.2 Å². The second-order valence-corrected chi connectivity index (χ2v) is 5.43. The third-order valence-corrected chi connectivity index (χ3v) is 3.49. The van der Waals surface area contributed by atoms with E-state index in [0.29, 0.717) is 5.92 Å². The molecule has 2 N–H and O–H groups in total. The number of nitrogens with two attached hydrogens (primary N) is 1. The number of benzene rings is 1. The number of fused-ring (bicyclic) bond motifs is 1. The van der Waals surface area contributed by atoms with Gasteiger partial charge in [0.05, 0.1) is 6.04 Å². The highest BCUT2D eigenvalue weighted by atomic mass is 16.3. The Kier molecular flexibility index (Phi) is 4.07. The second kappa shape index (κ2) is 5.57. The number of aryl methyl sites for hydroxylation is 1. The molecule has 1 aromatic carbocycles. The van der Waals surface area contributed by atoms with Crippen LogP contribution in [0.1, 0.15) is 50.5 Å². The predicted molar refractivity (Wildman–Crippen MR) is 76.6 cm³/mol. The van der Waals surface area contributed by atoms with Gasteiger partial charge in [0, 0.05) is 5.39 Å². The van der Waals surface area contributed by atoms with Crippen LogP contribution >= 0.6 is 0 Å². The van der Waals surface area contributed by atoms with Gasteiger partial charge in [0.15, 0.2) is 0 Å². The minimum Gasteiger partial charge on any atom is -0.459 e. The first-order valence-electron chi connectivity index (χ1n) is 6.85. The van der Waals surface area contributed by atoms with Crippen LogP contribution in [0.15, 0.2) is 28.7 Å². The van der Waals surface area contributed by atoms with Crippen LogP contribution in [-0.2, 0) is 0 Å². The number of hydrogen-bond donors (Lipinski definition) is 1. The minimum absolute atomic E-state index is 0.0132. The lowest BCUT2D eigenvalue weighted by Gasteiger charge is -2.14. The molecular weight excluding hydrogens is 222 g/mol. The molecule has 0 saturated heterocycles. The molecule has 0 spiro atoms. The zero-order chi connectivity index (χ0) is 13.1. The summed E-state index contributed by atoms with van der Waals surface area (Å²) < 4.78 is 5.84. The normalized spacial score (nSPS) is 14.9. The fourth-order valence-electron chi connectivity index (χ4n) is 2.53. The van der Waals surface area contributed by atoms with Gasteiger partial charge < -0.3 is 10.2 Å². The maximum absolute atomic E-state index is 6.23. The monoisotopic (exact) mass is 245 g/mol. The van der Waals surface area contributed by atoms with Gasteiger partial charge in [-0.2, -0.15) is 0 Å². The van der Waals surface area contributed by atoms with Gasteiger partial charge in [0.1, 0.15) is 11.3 Å². The van der Waals surface area contributed by atoms with Gasteiger partial charge in [-0.15, -0.1) is 0 Å². The summed E-state index contributed by atoms with van der Waals surface area (Å²) >= 11 is 0. The summed E-state index contributed by atoms with van der Waals surface area (Å²) in [6.45, 7) is 6.57. The quantitative estimate of drug-likeness (QED) is 0.838. The topological polar surface area (TPSA) is 39.2 Å². The summed E-state index contributed by atoms with van der Waals surface area (Å²) in [5.74, 6) is 1.57. The maximum atomic E-state index is 6.23. The maximum Gasteiger partial charge on any atom is 0.134 e. The van der Waals surface area contributed by atoms with Crippen LogP contribution in [0.3, 0.4) is 0 Å². The lowest BCUT2D eigenvalue weighted by molar-refractivity contribution is 0.397. The third-order valence-electron chi connectivity index (χ3n) is 3.49. The summed E-state index contributed by atoms with van der Waals surface area (Å²) in [6.07, 6.45) is 3.44. The summed E-state index contributed by atoms with van der Waals surface area (Å²) in [5, 5.41) is 1.16. The van der Waals surface area contributed by atoms with Crippen molar-refractivity contribution in [2.24, 2.45) is 11.7 Å². The number of hydrogen-bond acceptors (Lipinski definition) is 2. The third kappa shape index (κ3) is 2.94. The SMILES string of the molecule is CCCC(C)CC(N)c1cc2cc(C)ccc2o1. The molecule has 0 bridgehead atoms. The molecule has 0 fully saturated rings. The lowest BCUT2D eigenvalue weighted by atomic mass is 9.96. The van der Waals surface area contributed by atoms with Crippen molar-refractivity contribution >= 4 is 11.0 Å². The van der Waals surface area contributed by atoms with Crippen molar-refractivity contribution in [3.8, 4) is 0 Å². The van der Waals surface area contributed by atoms with Crippen molar-refractivity contribution in [2.75, 3.05) is 0 Å². The first-order valence-corrected chi connectivity index (χ1v) is 6.85. The summed E-state index contributed by atoms with van der Waals surface area (Å²) in [5.41, 5.74) is 8.43. The van der Waals surface area contributed by atoms with Gasteiger partial charge in [-0.1, -0.05) is 38.3 Å². The van der Waals surface area contributed by atoms with E-state index in [1.54, 1.807) is 0 Å². The lowest BCUT2D eigenvalue weighted by Crippen LogP contribution is -2.13. The molecule has 0 aliphatic carbocycles. The van der Waals surface area contributed by atoms with Gasteiger partial charge >= 0.3 is 0 Å². The molecule has 2 aromatic rings. The molecule has 0 amide bonds. The Bertz CT molecular complexity index is 515. The van der Waals surface area contributed by atoms with Crippen molar-refractivity contribution in [3.05, 3.63) is 35.6 Å². The minimum atomic E-state index is 0.0132. The summed E-state index contributed by atoms with van der Waals surface area (Å²) in [4.78, 5) is 0. The van der Waals surface area contributed by atoms with E-state index in [-0.39, 0.29) is 6.04 Å². The Morgan fingerprint density at radius 3 is 2.78 bits per heavy atom. The standard InChI is InChI=1S/C16H23NO/c1-4-5-11(2)9-14(17)16-10-13-8-12(3)6-7-15(13)18-16/h6-8,10-11,14H,4-5,9,17H2,1-3H3. The molecule has 0 radical (unpaired) electrons. The molecule has 98 valence electrons. The van der Waals surface area contributed by atoms with Crippen LogP contribution in [0.2, 0.25) is 0 Å². The number of rotatable bonds is 5. The first kappa shape index (κ1) is 13.2. The van der Waals surface area contributed by atoms with Gasteiger partial charge in [-0.25, -0.2) is 0 Å². The predicted octanol–water partition coefficient (Wildman–Crippen LogP) is 4.57.